The van der Waals surface area contributed by atoms with Gasteiger partial charge in [0.1, 0.15) is 0 Å². The Morgan fingerprint density at radius 1 is 1.25 bits per heavy atom. The first-order valence-corrected chi connectivity index (χ1v) is 2.45. The molecule has 0 fully saturated rings. The van der Waals surface area contributed by atoms with Gasteiger partial charge in [0.15, 0.2) is 0 Å². The molecule has 51 valence electrons. The number of hydrogen-bond donors (Lipinski definition) is 0. The number of nitrogens with zero attached hydrogens (tertiary/aromatic N) is 1. The van der Waals surface area contributed by atoms with E-state index in [-0.39, 0.29) is 26.7 Å². The summed E-state index contributed by atoms with van der Waals surface area (Å²) >= 11 is 0. The topological polar surface area (TPSA) is 23.1 Å². The molecule has 0 atom stereocenters. The average molecular weight is 202 g/mol. The fraction of sp³-hybridized carbons (Fsp3) is 1.00. The third-order valence-electron chi connectivity index (χ3n) is 0.762. The monoisotopic (exact) mass is 202 g/mol. The van der Waals surface area contributed by atoms with Gasteiger partial charge in [-0.2, -0.15) is 0 Å². The molecule has 0 bridgehead atoms. The molecule has 0 rings (SSSR count). The zero-order chi connectivity index (χ0) is 5.91. The van der Waals surface area contributed by atoms with Gasteiger partial charge >= 0.3 is 0 Å². The standard InChI is InChI=1S/C5H13NO.Tc/c1-6(2,3)4-5-7;/h4-5H2,1-3H3;/i;1+1. The largest absolute Gasteiger partial charge is 0.850 e. The van der Waals surface area contributed by atoms with Crippen LogP contribution in [0.5, 0.6) is 0 Å². The summed E-state index contributed by atoms with van der Waals surface area (Å²) in [6.45, 7) is 0.753. The van der Waals surface area contributed by atoms with Gasteiger partial charge < -0.3 is 9.59 Å². The summed E-state index contributed by atoms with van der Waals surface area (Å²) in [7, 11) is 6.04. The van der Waals surface area contributed by atoms with E-state index in [4.69, 9.17) is 0 Å². The summed E-state index contributed by atoms with van der Waals surface area (Å²) in [4.78, 5) is 0. The average Bonchev–Trinajstić information content (AvgIpc) is 1.30. The number of likely N-dealkylation sites (N-methyl/N-ethyl adjacent to an activating group) is 1. The Labute approximate surface area is 64.4 Å². The first kappa shape index (κ1) is 11.4. The van der Waals surface area contributed by atoms with Gasteiger partial charge in [-0.1, -0.05) is 6.61 Å². The molecule has 0 aliphatic heterocycles. The summed E-state index contributed by atoms with van der Waals surface area (Å²) in [5, 5.41) is 9.93. The van der Waals surface area contributed by atoms with Gasteiger partial charge in [-0.05, 0) is 0 Å². The van der Waals surface area contributed by atoms with Crippen molar-refractivity contribution in [2.45, 2.75) is 0 Å². The Morgan fingerprint density at radius 2 is 1.62 bits per heavy atom. The van der Waals surface area contributed by atoms with Crippen molar-refractivity contribution in [1.29, 1.82) is 0 Å². The molecule has 1 radical (unpaired) electrons. The van der Waals surface area contributed by atoms with Gasteiger partial charge in [-0.25, -0.2) is 0 Å². The fourth-order valence-corrected chi connectivity index (χ4v) is 0.274. The number of quaternary nitrogens is 1. The molecule has 0 spiro atoms. The van der Waals surface area contributed by atoms with Crippen molar-refractivity contribution < 1.29 is 29.7 Å². The van der Waals surface area contributed by atoms with E-state index in [1.807, 2.05) is 21.1 Å². The van der Waals surface area contributed by atoms with E-state index in [0.717, 1.165) is 11.0 Å². The molecule has 0 aliphatic rings. The van der Waals surface area contributed by atoms with Crippen LogP contribution in [0, 0.1) is 0 Å². The van der Waals surface area contributed by atoms with Crippen LogP contribution in [0.15, 0.2) is 0 Å². The van der Waals surface area contributed by atoms with Crippen LogP contribution in [-0.4, -0.2) is 38.8 Å². The van der Waals surface area contributed by atoms with E-state index in [1.165, 1.54) is 0 Å². The van der Waals surface area contributed by atoms with Gasteiger partial charge in [-0.3, -0.25) is 0 Å². The number of rotatable bonds is 2. The van der Waals surface area contributed by atoms with Crippen molar-refractivity contribution >= 4 is 0 Å². The molecule has 0 amide bonds. The van der Waals surface area contributed by atoms with E-state index in [2.05, 4.69) is 0 Å². The zero-order valence-corrected chi connectivity index (χ0v) is 7.51. The second-order valence-electron chi connectivity index (χ2n) is 2.72. The van der Waals surface area contributed by atoms with Crippen molar-refractivity contribution in [2.75, 3.05) is 34.3 Å². The molecule has 3 heteroatoms. The minimum absolute atomic E-state index is 0. The summed E-state index contributed by atoms with van der Waals surface area (Å²) in [6.07, 6.45) is 0. The predicted molar refractivity (Wildman–Crippen MR) is 27.8 cm³/mol. The number of hydrogen-bond acceptors (Lipinski definition) is 1. The molecule has 0 aromatic rings. The van der Waals surface area contributed by atoms with E-state index in [1.54, 1.807) is 0 Å². The minimum Gasteiger partial charge on any atom is -0.850 e. The Bertz CT molecular complexity index is 50.9. The van der Waals surface area contributed by atoms with Crippen LogP contribution in [0.3, 0.4) is 0 Å². The van der Waals surface area contributed by atoms with Crippen LogP contribution in [0.1, 0.15) is 0 Å². The SMILES string of the molecule is C[N+](C)(C)CC[O-].[99Tc]. The maximum atomic E-state index is 9.93. The Morgan fingerprint density at radius 3 is 1.62 bits per heavy atom. The van der Waals surface area contributed by atoms with Crippen molar-refractivity contribution in [3.05, 3.63) is 0 Å². The van der Waals surface area contributed by atoms with Crippen molar-refractivity contribution in [3.8, 4) is 0 Å². The second-order valence-corrected chi connectivity index (χ2v) is 2.72. The maximum absolute atomic E-state index is 9.93. The third-order valence-corrected chi connectivity index (χ3v) is 0.762. The van der Waals surface area contributed by atoms with Gasteiger partial charge in [0, 0.05) is 20.1 Å². The van der Waals surface area contributed by atoms with E-state index >= 15 is 0 Å². The molecule has 0 saturated heterocycles. The fourth-order valence-electron chi connectivity index (χ4n) is 0.274. The molecule has 0 aromatic carbocycles. The first-order chi connectivity index (χ1) is 3.06. The molecule has 0 N–H and O–H groups in total. The summed E-state index contributed by atoms with van der Waals surface area (Å²) in [5.41, 5.74) is 0. The molecule has 0 saturated carbocycles. The minimum atomic E-state index is 0. The normalized spacial score (nSPS) is 10.5. The quantitative estimate of drug-likeness (QED) is 0.529. The van der Waals surface area contributed by atoms with E-state index < -0.39 is 0 Å². The molecular weight excluding hydrogens is 189 g/mol. The second kappa shape index (κ2) is 4.45. The summed E-state index contributed by atoms with van der Waals surface area (Å²) < 4.78 is 0.781. The van der Waals surface area contributed by atoms with Crippen LogP contribution in [0.25, 0.3) is 0 Å². The molecule has 0 aromatic heterocycles. The zero-order valence-electron chi connectivity index (χ0n) is 5.65. The molecular formula is C5H13NOTc. The van der Waals surface area contributed by atoms with Gasteiger partial charge in [0.25, 0.3) is 0 Å². The van der Waals surface area contributed by atoms with Crippen LogP contribution in [-0.2, 0) is 20.1 Å². The van der Waals surface area contributed by atoms with Gasteiger partial charge in [0.05, 0.1) is 27.7 Å². The molecule has 0 heterocycles. The molecule has 0 unspecified atom stereocenters. The molecule has 0 aliphatic carbocycles. The van der Waals surface area contributed by atoms with Crippen molar-refractivity contribution in [2.24, 2.45) is 0 Å². The Kier molecular flexibility index (Phi) is 6.33. The summed E-state index contributed by atoms with van der Waals surface area (Å²) in [6, 6.07) is 0. The van der Waals surface area contributed by atoms with E-state index in [9.17, 15) is 5.11 Å². The maximum Gasteiger partial charge on any atom is 0.0676 e. The van der Waals surface area contributed by atoms with Gasteiger partial charge in [0.2, 0.25) is 0 Å². The molecule has 8 heavy (non-hydrogen) atoms. The smallest absolute Gasteiger partial charge is 0.0676 e. The Hall–Kier alpha value is 0.569. The van der Waals surface area contributed by atoms with Crippen LogP contribution >= 0.6 is 0 Å². The first-order valence-electron chi connectivity index (χ1n) is 2.45. The molecule has 2 nitrogen and oxygen atoms in total. The van der Waals surface area contributed by atoms with Crippen LogP contribution in [0.4, 0.5) is 0 Å². The van der Waals surface area contributed by atoms with E-state index in [0.29, 0.717) is 0 Å². The van der Waals surface area contributed by atoms with Crippen LogP contribution < -0.4 is 5.11 Å². The van der Waals surface area contributed by atoms with Crippen LogP contribution in [0.2, 0.25) is 0 Å². The Balaban J connectivity index is 0. The summed E-state index contributed by atoms with van der Waals surface area (Å²) in [5.74, 6) is 0. The predicted octanol–water partition coefficient (Wildman–Crippen LogP) is -0.950. The third kappa shape index (κ3) is 9.76. The van der Waals surface area contributed by atoms with Gasteiger partial charge in [-0.15, -0.1) is 0 Å². The van der Waals surface area contributed by atoms with Crippen molar-refractivity contribution in [1.82, 2.24) is 0 Å². The van der Waals surface area contributed by atoms with Crippen molar-refractivity contribution in [3.63, 3.8) is 0 Å².